The molecule has 0 bridgehead atoms. The van der Waals surface area contributed by atoms with Crippen LogP contribution < -0.4 is 4.74 Å². The SMILES string of the molecule is COc1ccccc1C(=O)N(CC(=O)N1CCc2sccc2C1c1ccc(C)cc1)C1CC1. The number of ether oxygens (including phenoxy) is 1. The van der Waals surface area contributed by atoms with Crippen molar-refractivity contribution in [3.63, 3.8) is 0 Å². The number of hydrogen-bond donors (Lipinski definition) is 0. The lowest BCUT2D eigenvalue weighted by Gasteiger charge is -2.37. The highest BCUT2D eigenvalue weighted by molar-refractivity contribution is 7.10. The zero-order valence-corrected chi connectivity index (χ0v) is 19.8. The lowest BCUT2D eigenvalue weighted by atomic mass is 9.92. The average Bonchev–Trinajstić information content (AvgIpc) is 3.57. The third-order valence-electron chi connectivity index (χ3n) is 6.57. The number of carbonyl (C=O) groups excluding carboxylic acids is 2. The van der Waals surface area contributed by atoms with Gasteiger partial charge in [0.05, 0.1) is 18.7 Å². The highest BCUT2D eigenvalue weighted by Crippen LogP contribution is 2.38. The van der Waals surface area contributed by atoms with Crippen molar-refractivity contribution >= 4 is 23.2 Å². The van der Waals surface area contributed by atoms with Crippen molar-refractivity contribution in [1.29, 1.82) is 0 Å². The van der Waals surface area contributed by atoms with Gasteiger partial charge in [0.2, 0.25) is 5.91 Å². The van der Waals surface area contributed by atoms with E-state index in [9.17, 15) is 9.59 Å². The second kappa shape index (κ2) is 9.02. The number of amides is 2. The third-order valence-corrected chi connectivity index (χ3v) is 7.57. The molecule has 1 aliphatic carbocycles. The zero-order valence-electron chi connectivity index (χ0n) is 19.0. The van der Waals surface area contributed by atoms with Crippen LogP contribution in [0.2, 0.25) is 0 Å². The molecule has 0 N–H and O–H groups in total. The Kier molecular flexibility index (Phi) is 5.94. The monoisotopic (exact) mass is 460 g/mol. The molecule has 6 heteroatoms. The molecule has 1 aromatic heterocycles. The van der Waals surface area contributed by atoms with Crippen molar-refractivity contribution in [1.82, 2.24) is 9.80 Å². The molecule has 33 heavy (non-hydrogen) atoms. The number of methoxy groups -OCH3 is 1. The van der Waals surface area contributed by atoms with Crippen LogP contribution in [-0.4, -0.2) is 47.9 Å². The van der Waals surface area contributed by atoms with Gasteiger partial charge in [0, 0.05) is 17.5 Å². The maximum Gasteiger partial charge on any atom is 0.258 e. The van der Waals surface area contributed by atoms with E-state index in [0.29, 0.717) is 17.9 Å². The molecule has 5 nitrogen and oxygen atoms in total. The zero-order chi connectivity index (χ0) is 22.9. The molecular weight excluding hydrogens is 432 g/mol. The fraction of sp³-hybridized carbons (Fsp3) is 0.333. The number of fused-ring (bicyclic) bond motifs is 1. The molecule has 2 amide bonds. The minimum absolute atomic E-state index is 0.00688. The van der Waals surface area contributed by atoms with Crippen LogP contribution in [-0.2, 0) is 11.2 Å². The number of benzene rings is 2. The molecule has 2 heterocycles. The Balaban J connectivity index is 1.43. The summed E-state index contributed by atoms with van der Waals surface area (Å²) in [6, 6.07) is 17.8. The molecule has 1 saturated carbocycles. The summed E-state index contributed by atoms with van der Waals surface area (Å²) in [7, 11) is 1.57. The smallest absolute Gasteiger partial charge is 0.258 e. The Labute approximate surface area is 198 Å². The summed E-state index contributed by atoms with van der Waals surface area (Å²) < 4.78 is 5.41. The first-order valence-electron chi connectivity index (χ1n) is 11.4. The Morgan fingerprint density at radius 2 is 1.85 bits per heavy atom. The highest BCUT2D eigenvalue weighted by Gasteiger charge is 2.39. The summed E-state index contributed by atoms with van der Waals surface area (Å²) in [5.41, 5.74) is 4.02. The van der Waals surface area contributed by atoms with E-state index < -0.39 is 0 Å². The number of rotatable bonds is 6. The van der Waals surface area contributed by atoms with Gasteiger partial charge >= 0.3 is 0 Å². The first-order valence-corrected chi connectivity index (χ1v) is 12.3. The van der Waals surface area contributed by atoms with Gasteiger partial charge in [0.1, 0.15) is 12.3 Å². The van der Waals surface area contributed by atoms with Crippen molar-refractivity contribution in [2.75, 3.05) is 20.2 Å². The number of hydrogen-bond acceptors (Lipinski definition) is 4. The van der Waals surface area contributed by atoms with Crippen molar-refractivity contribution in [2.45, 2.75) is 38.3 Å². The summed E-state index contributed by atoms with van der Waals surface area (Å²) in [4.78, 5) is 32.2. The Bertz CT molecular complexity index is 1170. The molecule has 0 radical (unpaired) electrons. The van der Waals surface area contributed by atoms with Crippen LogP contribution in [0.5, 0.6) is 5.75 Å². The van der Waals surface area contributed by atoms with Crippen LogP contribution in [0.15, 0.2) is 60.0 Å². The topological polar surface area (TPSA) is 49.9 Å². The Hall–Kier alpha value is -3.12. The molecule has 5 rings (SSSR count). The van der Waals surface area contributed by atoms with Crippen LogP contribution >= 0.6 is 11.3 Å². The van der Waals surface area contributed by atoms with Crippen LogP contribution in [0.25, 0.3) is 0 Å². The summed E-state index contributed by atoms with van der Waals surface area (Å²) in [6.07, 6.45) is 2.72. The first-order chi connectivity index (χ1) is 16.1. The van der Waals surface area contributed by atoms with Gasteiger partial charge in [-0.15, -0.1) is 11.3 Å². The summed E-state index contributed by atoms with van der Waals surface area (Å²) in [6.45, 7) is 2.82. The molecule has 170 valence electrons. The molecule has 1 aliphatic heterocycles. The van der Waals surface area contributed by atoms with Crippen molar-refractivity contribution in [3.05, 3.63) is 87.1 Å². The quantitative estimate of drug-likeness (QED) is 0.529. The number of aryl methyl sites for hydroxylation is 1. The van der Waals surface area contributed by atoms with Crippen LogP contribution in [0.4, 0.5) is 0 Å². The minimum Gasteiger partial charge on any atom is -0.496 e. The summed E-state index contributed by atoms with van der Waals surface area (Å²) >= 11 is 1.76. The van der Waals surface area contributed by atoms with E-state index in [0.717, 1.165) is 24.8 Å². The van der Waals surface area contributed by atoms with Crippen molar-refractivity contribution < 1.29 is 14.3 Å². The normalized spacial score (nSPS) is 17.4. The van der Waals surface area contributed by atoms with E-state index >= 15 is 0 Å². The highest BCUT2D eigenvalue weighted by atomic mass is 32.1. The standard InChI is InChI=1S/C27H28N2O3S/c1-18-7-9-19(10-8-18)26-22-14-16-33-24(22)13-15-28(26)25(30)17-29(20-11-12-20)27(31)21-5-3-4-6-23(21)32-2/h3-10,14,16,20,26H,11-13,15,17H2,1-2H3. The number of para-hydroxylation sites is 1. The maximum atomic E-state index is 13.7. The van der Waals surface area contributed by atoms with E-state index in [1.807, 2.05) is 17.0 Å². The van der Waals surface area contributed by atoms with E-state index in [-0.39, 0.29) is 30.4 Å². The molecule has 1 unspecified atom stereocenters. The molecule has 2 aromatic carbocycles. The van der Waals surface area contributed by atoms with Gasteiger partial charge < -0.3 is 14.5 Å². The van der Waals surface area contributed by atoms with E-state index in [1.54, 1.807) is 35.5 Å². The van der Waals surface area contributed by atoms with Crippen LogP contribution in [0.1, 0.15) is 50.8 Å². The lowest BCUT2D eigenvalue weighted by Crippen LogP contribution is -2.47. The number of carbonyl (C=O) groups is 2. The van der Waals surface area contributed by atoms with E-state index in [2.05, 4.69) is 42.6 Å². The average molecular weight is 461 g/mol. The lowest BCUT2D eigenvalue weighted by molar-refractivity contribution is -0.134. The molecule has 1 fully saturated rings. The van der Waals surface area contributed by atoms with Gasteiger partial charge in [-0.2, -0.15) is 0 Å². The second-order valence-electron chi connectivity index (χ2n) is 8.81. The molecule has 0 saturated heterocycles. The summed E-state index contributed by atoms with van der Waals surface area (Å²) in [5.74, 6) is 0.398. The van der Waals surface area contributed by atoms with Gasteiger partial charge in [-0.1, -0.05) is 42.0 Å². The van der Waals surface area contributed by atoms with Crippen molar-refractivity contribution in [2.24, 2.45) is 0 Å². The molecule has 1 atom stereocenters. The van der Waals surface area contributed by atoms with Gasteiger partial charge in [-0.25, -0.2) is 0 Å². The van der Waals surface area contributed by atoms with Gasteiger partial charge in [0.15, 0.2) is 0 Å². The fourth-order valence-electron chi connectivity index (χ4n) is 4.66. The molecule has 3 aromatic rings. The number of nitrogens with zero attached hydrogens (tertiary/aromatic N) is 2. The predicted octanol–water partition coefficient (Wildman–Crippen LogP) is 4.84. The van der Waals surface area contributed by atoms with E-state index in [1.165, 1.54) is 16.0 Å². The molecule has 0 spiro atoms. The summed E-state index contributed by atoms with van der Waals surface area (Å²) in [5, 5.41) is 2.11. The van der Waals surface area contributed by atoms with Gasteiger partial charge in [-0.3, -0.25) is 9.59 Å². The number of thiophene rings is 1. The van der Waals surface area contributed by atoms with E-state index in [4.69, 9.17) is 4.74 Å². The van der Waals surface area contributed by atoms with Gasteiger partial charge in [-0.05, 0) is 60.9 Å². The second-order valence-corrected chi connectivity index (χ2v) is 9.81. The van der Waals surface area contributed by atoms with Crippen molar-refractivity contribution in [3.8, 4) is 5.75 Å². The van der Waals surface area contributed by atoms with Gasteiger partial charge in [0.25, 0.3) is 5.91 Å². The first kappa shape index (κ1) is 21.7. The van der Waals surface area contributed by atoms with Crippen LogP contribution in [0.3, 0.4) is 0 Å². The largest absolute Gasteiger partial charge is 0.496 e. The molecule has 2 aliphatic rings. The maximum absolute atomic E-state index is 13.7. The fourth-order valence-corrected chi connectivity index (χ4v) is 5.56. The molecular formula is C27H28N2O3S. The Morgan fingerprint density at radius 3 is 2.58 bits per heavy atom. The minimum atomic E-state index is -0.136. The Morgan fingerprint density at radius 1 is 1.09 bits per heavy atom. The van der Waals surface area contributed by atoms with Crippen LogP contribution in [0, 0.1) is 6.92 Å². The predicted molar refractivity (Wildman–Crippen MR) is 130 cm³/mol. The third kappa shape index (κ3) is 4.27.